The van der Waals surface area contributed by atoms with Crippen LogP contribution < -0.4 is 5.73 Å². The third-order valence-corrected chi connectivity index (χ3v) is 4.78. The van der Waals surface area contributed by atoms with Gasteiger partial charge in [-0.1, -0.05) is 0 Å². The lowest BCUT2D eigenvalue weighted by Crippen LogP contribution is -2.38. The van der Waals surface area contributed by atoms with Crippen LogP contribution >= 0.6 is 8.46 Å². The predicted octanol–water partition coefficient (Wildman–Crippen LogP) is 2.52. The van der Waals surface area contributed by atoms with E-state index in [0.717, 1.165) is 0 Å². The first-order valence-corrected chi connectivity index (χ1v) is 11.1. The Morgan fingerprint density at radius 3 is 2.03 bits per heavy atom. The van der Waals surface area contributed by atoms with Gasteiger partial charge < -0.3 is 24.9 Å². The Balaban J connectivity index is 2.05. The van der Waals surface area contributed by atoms with Crippen LogP contribution in [-0.4, -0.2) is 57.8 Å². The number of nitrogens with two attached hydrogens (primary N) is 1. The van der Waals surface area contributed by atoms with E-state index in [9.17, 15) is 14.2 Å². The Morgan fingerprint density at radius 2 is 1.53 bits per heavy atom. The molecular formula is C20H30N5O8P. The molecular weight excluding hydrogens is 469 g/mol. The summed E-state index contributed by atoms with van der Waals surface area (Å²) in [5.41, 5.74) is 2.98. The van der Waals surface area contributed by atoms with Crippen molar-refractivity contribution in [3.63, 3.8) is 0 Å². The molecule has 2 aromatic rings. The largest absolute Gasteiger partial charge is 0.438 e. The number of fused-ring (bicyclic) bond motifs is 1. The number of carbonyl (C=O) groups is 2. The van der Waals surface area contributed by atoms with Crippen LogP contribution in [0.25, 0.3) is 11.2 Å². The molecule has 0 radical (unpaired) electrons. The summed E-state index contributed by atoms with van der Waals surface area (Å²) >= 11 is 0. The molecule has 0 amide bonds. The van der Waals surface area contributed by atoms with Gasteiger partial charge in [0.25, 0.3) is 8.46 Å². The Kier molecular flexibility index (Phi) is 9.01. The standard InChI is InChI=1S/C20H30N5O8P/c1-18(2,3)16(26)29-10-32-20(34-28,33-11-30-17(27)19(4,5)6)31-8-7-12-24-14(21)13-15(25-12)23-9-22-13/h9H,7-8,10-11H2,1-6H3,(H3,21,22,23,24,25). The summed E-state index contributed by atoms with van der Waals surface area (Å²) in [5, 5.41) is 0. The number of ether oxygens (including phenoxy) is 5. The van der Waals surface area contributed by atoms with Gasteiger partial charge in [0.05, 0.1) is 23.8 Å². The average molecular weight is 499 g/mol. The number of H-pyrrole nitrogens is 1. The molecule has 2 aromatic heterocycles. The lowest BCUT2D eigenvalue weighted by atomic mass is 9.98. The highest BCUT2D eigenvalue weighted by molar-refractivity contribution is 7.25. The van der Waals surface area contributed by atoms with Crippen molar-refractivity contribution in [2.75, 3.05) is 25.9 Å². The molecule has 0 aliphatic carbocycles. The maximum Gasteiger partial charge on any atom is 0.374 e. The highest BCUT2D eigenvalue weighted by Crippen LogP contribution is 2.29. The van der Waals surface area contributed by atoms with Crippen molar-refractivity contribution in [3.8, 4) is 0 Å². The zero-order chi connectivity index (χ0) is 25.6. The minimum Gasteiger partial charge on any atom is -0.438 e. The summed E-state index contributed by atoms with van der Waals surface area (Å²) in [6.07, 6.45) is 1.57. The van der Waals surface area contributed by atoms with E-state index < -0.39 is 50.5 Å². The van der Waals surface area contributed by atoms with Crippen molar-refractivity contribution >= 4 is 37.4 Å². The number of aromatic amines is 1. The summed E-state index contributed by atoms with van der Waals surface area (Å²) < 4.78 is 38.3. The fraction of sp³-hybridized carbons (Fsp3) is 0.650. The molecule has 0 aliphatic rings. The van der Waals surface area contributed by atoms with Crippen LogP contribution in [-0.2, 0) is 44.3 Å². The van der Waals surface area contributed by atoms with Crippen LogP contribution in [0.3, 0.4) is 0 Å². The number of carbonyl (C=O) groups excluding carboxylic acids is 2. The highest BCUT2D eigenvalue weighted by atomic mass is 31.1. The minimum absolute atomic E-state index is 0.126. The smallest absolute Gasteiger partial charge is 0.374 e. The number of hydrogen-bond donors (Lipinski definition) is 2. The monoisotopic (exact) mass is 499 g/mol. The molecule has 2 heterocycles. The van der Waals surface area contributed by atoms with Gasteiger partial charge in [-0.2, -0.15) is 0 Å². The average Bonchev–Trinajstić information content (AvgIpc) is 3.21. The molecule has 0 unspecified atom stereocenters. The molecule has 0 aliphatic heterocycles. The van der Waals surface area contributed by atoms with Crippen LogP contribution in [0.5, 0.6) is 0 Å². The number of nitrogens with one attached hydrogen (secondary N) is 1. The molecule has 2 rings (SSSR count). The van der Waals surface area contributed by atoms with Crippen molar-refractivity contribution in [2.45, 2.75) is 53.7 Å². The lowest BCUT2D eigenvalue weighted by Gasteiger charge is -2.27. The minimum atomic E-state index is -2.22. The van der Waals surface area contributed by atoms with E-state index in [1.165, 1.54) is 6.33 Å². The maximum absolute atomic E-state index is 12.0. The van der Waals surface area contributed by atoms with Crippen LogP contribution in [0.15, 0.2) is 6.33 Å². The Labute approximate surface area is 198 Å². The van der Waals surface area contributed by atoms with Crippen molar-refractivity contribution in [1.82, 2.24) is 19.9 Å². The van der Waals surface area contributed by atoms with Crippen LogP contribution in [0.4, 0.5) is 5.82 Å². The first-order valence-electron chi connectivity index (χ1n) is 10.3. The lowest BCUT2D eigenvalue weighted by molar-refractivity contribution is -0.355. The van der Waals surface area contributed by atoms with E-state index in [0.29, 0.717) is 17.0 Å². The second-order valence-electron chi connectivity index (χ2n) is 9.23. The Hall–Kier alpha value is -2.73. The SMILES string of the molecule is CC(C)(C)C(=O)OCOC(OCCc1nc(N)c2[nH]cnc2n1)(OCOC(=O)C(C)(C)C)P=O. The number of nitrogens with zero attached hydrogens (tertiary/aromatic N) is 3. The second kappa shape index (κ2) is 11.1. The molecule has 0 saturated heterocycles. The Morgan fingerprint density at radius 1 is 0.971 bits per heavy atom. The molecule has 0 bridgehead atoms. The first kappa shape index (κ1) is 27.5. The summed E-state index contributed by atoms with van der Waals surface area (Å²) in [6.45, 7) is 8.59. The van der Waals surface area contributed by atoms with Gasteiger partial charge in [-0.15, -0.1) is 0 Å². The number of aromatic nitrogens is 4. The zero-order valence-electron chi connectivity index (χ0n) is 20.0. The quantitative estimate of drug-likeness (QED) is 0.263. The van der Waals surface area contributed by atoms with Gasteiger partial charge in [0.2, 0.25) is 0 Å². The second-order valence-corrected chi connectivity index (χ2v) is 9.96. The maximum atomic E-state index is 12.0. The highest BCUT2D eigenvalue weighted by Gasteiger charge is 2.38. The first-order chi connectivity index (χ1) is 15.8. The molecule has 0 fully saturated rings. The van der Waals surface area contributed by atoms with Gasteiger partial charge >= 0.3 is 17.7 Å². The molecule has 34 heavy (non-hydrogen) atoms. The van der Waals surface area contributed by atoms with Crippen LogP contribution in [0.1, 0.15) is 47.4 Å². The normalized spacial score (nSPS) is 12.8. The topological polar surface area (TPSA) is 178 Å². The van der Waals surface area contributed by atoms with Gasteiger partial charge in [0, 0.05) is 6.42 Å². The van der Waals surface area contributed by atoms with Crippen LogP contribution in [0.2, 0.25) is 0 Å². The molecule has 0 atom stereocenters. The van der Waals surface area contributed by atoms with Gasteiger partial charge in [0.1, 0.15) is 11.3 Å². The number of nitrogen functional groups attached to an aromatic ring is 1. The molecule has 0 saturated carbocycles. The van der Waals surface area contributed by atoms with Crippen LogP contribution in [0, 0.1) is 10.8 Å². The predicted molar refractivity (Wildman–Crippen MR) is 119 cm³/mol. The Bertz CT molecular complexity index is 983. The number of anilines is 1. The zero-order valence-corrected chi connectivity index (χ0v) is 20.9. The number of hydrogen-bond acceptors (Lipinski definition) is 12. The summed E-state index contributed by atoms with van der Waals surface area (Å²) in [6, 6.07) is 0. The van der Waals surface area contributed by atoms with E-state index in [-0.39, 0.29) is 18.8 Å². The van der Waals surface area contributed by atoms with E-state index in [1.54, 1.807) is 41.5 Å². The van der Waals surface area contributed by atoms with Crippen molar-refractivity contribution in [2.24, 2.45) is 10.8 Å². The van der Waals surface area contributed by atoms with Gasteiger partial charge in [-0.25, -0.2) is 15.0 Å². The number of imidazole rings is 1. The molecule has 3 N–H and O–H groups in total. The van der Waals surface area contributed by atoms with Crippen molar-refractivity contribution in [1.29, 1.82) is 0 Å². The van der Waals surface area contributed by atoms with E-state index >= 15 is 0 Å². The molecule has 0 spiro atoms. The molecule has 14 heteroatoms. The van der Waals surface area contributed by atoms with Crippen molar-refractivity contribution in [3.05, 3.63) is 12.2 Å². The summed E-state index contributed by atoms with van der Waals surface area (Å²) in [5.74, 6) is -0.591. The number of esters is 2. The fourth-order valence-electron chi connectivity index (χ4n) is 2.24. The number of rotatable bonds is 11. The fourth-order valence-corrected chi connectivity index (χ4v) is 2.59. The van der Waals surface area contributed by atoms with Crippen molar-refractivity contribution < 1.29 is 37.8 Å². The third-order valence-electron chi connectivity index (χ3n) is 4.17. The molecule has 13 nitrogen and oxygen atoms in total. The summed E-state index contributed by atoms with van der Waals surface area (Å²) in [4.78, 5) is 39.3. The van der Waals surface area contributed by atoms with Gasteiger partial charge in [-0.3, -0.25) is 23.6 Å². The summed E-state index contributed by atoms with van der Waals surface area (Å²) in [7, 11) is -0.766. The van der Waals surface area contributed by atoms with E-state index in [2.05, 4.69) is 19.9 Å². The van der Waals surface area contributed by atoms with Gasteiger partial charge in [0.15, 0.2) is 25.1 Å². The molecule has 188 valence electrons. The van der Waals surface area contributed by atoms with Gasteiger partial charge in [-0.05, 0) is 41.5 Å². The molecule has 0 aromatic carbocycles. The van der Waals surface area contributed by atoms with E-state index in [1.807, 2.05) is 0 Å². The van der Waals surface area contributed by atoms with E-state index in [4.69, 9.17) is 29.4 Å². The third kappa shape index (κ3) is 7.66.